The lowest BCUT2D eigenvalue weighted by Crippen LogP contribution is -2.43. The first-order valence-corrected chi connectivity index (χ1v) is 7.07. The topological polar surface area (TPSA) is 85.3 Å². The van der Waals surface area contributed by atoms with E-state index < -0.39 is 0 Å². The minimum absolute atomic E-state index is 0.0414. The molecule has 1 aromatic heterocycles. The number of aromatic nitrogens is 1. The lowest BCUT2D eigenvalue weighted by atomic mass is 9.87. The summed E-state index contributed by atoms with van der Waals surface area (Å²) < 4.78 is 0.615. The summed E-state index contributed by atoms with van der Waals surface area (Å²) in [5.74, 6) is 1.35. The predicted molar refractivity (Wildman–Crippen MR) is 77.1 cm³/mol. The highest BCUT2D eigenvalue weighted by Crippen LogP contribution is 2.32. The number of hydrogen-bond donors (Lipinski definition) is 1. The predicted octanol–water partition coefficient (Wildman–Crippen LogP) is 2.17. The van der Waals surface area contributed by atoms with Gasteiger partial charge in [-0.3, -0.25) is 10.1 Å². The summed E-state index contributed by atoms with van der Waals surface area (Å²) >= 11 is 3.22. The smallest absolute Gasteiger partial charge is 0.312 e. The van der Waals surface area contributed by atoms with Gasteiger partial charge in [0.2, 0.25) is 5.82 Å². The molecule has 0 amide bonds. The molecular weight excluding hydrogens is 312 g/mol. The SMILES string of the molecule is CC1CCN(c2ncc(Br)cc2[N+](=O)[O-])CC1CN. The van der Waals surface area contributed by atoms with Crippen LogP contribution in [0, 0.1) is 22.0 Å². The maximum Gasteiger partial charge on any atom is 0.312 e. The summed E-state index contributed by atoms with van der Waals surface area (Å²) in [5.41, 5.74) is 5.81. The van der Waals surface area contributed by atoms with Crippen LogP contribution in [0.2, 0.25) is 0 Å². The van der Waals surface area contributed by atoms with Crippen molar-refractivity contribution in [2.75, 3.05) is 24.5 Å². The van der Waals surface area contributed by atoms with E-state index in [0.717, 1.165) is 19.5 Å². The molecule has 2 unspecified atom stereocenters. The van der Waals surface area contributed by atoms with Gasteiger partial charge in [-0.05, 0) is 40.7 Å². The Morgan fingerprint density at radius 1 is 1.68 bits per heavy atom. The maximum absolute atomic E-state index is 11.1. The molecule has 0 aromatic carbocycles. The number of nitro groups is 1. The molecule has 19 heavy (non-hydrogen) atoms. The van der Waals surface area contributed by atoms with Crippen molar-refractivity contribution in [3.8, 4) is 0 Å². The molecule has 0 bridgehead atoms. The van der Waals surface area contributed by atoms with Crippen LogP contribution < -0.4 is 10.6 Å². The number of pyridine rings is 1. The molecule has 0 aliphatic carbocycles. The number of hydrogen-bond acceptors (Lipinski definition) is 5. The van der Waals surface area contributed by atoms with E-state index in [1.165, 1.54) is 6.07 Å². The number of anilines is 1. The normalized spacial score (nSPS) is 23.4. The minimum atomic E-state index is -0.386. The fourth-order valence-corrected chi connectivity index (χ4v) is 2.77. The standard InChI is InChI=1S/C12H17BrN4O2/c1-8-2-3-16(7-9(8)5-14)12-11(17(18)19)4-10(13)6-15-12/h4,6,8-9H,2-3,5,7,14H2,1H3. The summed E-state index contributed by atoms with van der Waals surface area (Å²) in [5, 5.41) is 11.1. The molecule has 1 fully saturated rings. The van der Waals surface area contributed by atoms with E-state index in [2.05, 4.69) is 27.8 Å². The Morgan fingerprint density at radius 2 is 2.42 bits per heavy atom. The van der Waals surface area contributed by atoms with E-state index in [1.54, 1.807) is 6.20 Å². The number of nitrogens with two attached hydrogens (primary N) is 1. The third-order valence-corrected chi connectivity index (χ3v) is 4.16. The highest BCUT2D eigenvalue weighted by atomic mass is 79.9. The van der Waals surface area contributed by atoms with E-state index in [1.807, 2.05) is 4.90 Å². The Balaban J connectivity index is 2.29. The van der Waals surface area contributed by atoms with Gasteiger partial charge in [-0.15, -0.1) is 0 Å². The van der Waals surface area contributed by atoms with Crippen LogP contribution in [0.15, 0.2) is 16.7 Å². The molecule has 2 heterocycles. The Labute approximate surface area is 120 Å². The molecular formula is C12H17BrN4O2. The maximum atomic E-state index is 11.1. The molecule has 6 nitrogen and oxygen atoms in total. The molecule has 2 N–H and O–H groups in total. The molecule has 1 aromatic rings. The Hall–Kier alpha value is -1.21. The van der Waals surface area contributed by atoms with Gasteiger partial charge in [-0.25, -0.2) is 4.98 Å². The fourth-order valence-electron chi connectivity index (χ4n) is 2.45. The number of rotatable bonds is 3. The van der Waals surface area contributed by atoms with Crippen molar-refractivity contribution >= 4 is 27.4 Å². The highest BCUT2D eigenvalue weighted by Gasteiger charge is 2.29. The Kier molecular flexibility index (Phi) is 4.36. The average molecular weight is 329 g/mol. The van der Waals surface area contributed by atoms with Gasteiger partial charge in [0.15, 0.2) is 0 Å². The van der Waals surface area contributed by atoms with Crippen LogP contribution in [0.5, 0.6) is 0 Å². The van der Waals surface area contributed by atoms with Gasteiger partial charge >= 0.3 is 5.69 Å². The highest BCUT2D eigenvalue weighted by molar-refractivity contribution is 9.10. The zero-order valence-electron chi connectivity index (χ0n) is 10.8. The van der Waals surface area contributed by atoms with Crippen LogP contribution in [-0.4, -0.2) is 29.5 Å². The van der Waals surface area contributed by atoms with Crippen molar-refractivity contribution < 1.29 is 4.92 Å². The molecule has 0 saturated carbocycles. The average Bonchev–Trinajstić information content (AvgIpc) is 2.39. The molecule has 7 heteroatoms. The molecule has 1 saturated heterocycles. The van der Waals surface area contributed by atoms with Gasteiger partial charge in [0.05, 0.1) is 4.92 Å². The van der Waals surface area contributed by atoms with Crippen molar-refractivity contribution in [3.05, 3.63) is 26.9 Å². The third-order valence-electron chi connectivity index (χ3n) is 3.73. The van der Waals surface area contributed by atoms with E-state index >= 15 is 0 Å². The fraction of sp³-hybridized carbons (Fsp3) is 0.583. The first kappa shape index (κ1) is 14.2. The molecule has 2 atom stereocenters. The van der Waals surface area contributed by atoms with E-state index in [0.29, 0.717) is 28.7 Å². The molecule has 0 radical (unpaired) electrons. The summed E-state index contributed by atoms with van der Waals surface area (Å²) in [6.45, 7) is 4.29. The van der Waals surface area contributed by atoms with Gasteiger partial charge < -0.3 is 10.6 Å². The van der Waals surface area contributed by atoms with Crippen molar-refractivity contribution in [3.63, 3.8) is 0 Å². The quantitative estimate of drug-likeness (QED) is 0.678. The van der Waals surface area contributed by atoms with Crippen LogP contribution >= 0.6 is 15.9 Å². The van der Waals surface area contributed by atoms with E-state index in [9.17, 15) is 10.1 Å². The Bertz CT molecular complexity index is 483. The van der Waals surface area contributed by atoms with Gasteiger partial charge in [0, 0.05) is 29.8 Å². The van der Waals surface area contributed by atoms with Crippen molar-refractivity contribution in [2.24, 2.45) is 17.6 Å². The van der Waals surface area contributed by atoms with E-state index in [4.69, 9.17) is 5.73 Å². The van der Waals surface area contributed by atoms with E-state index in [-0.39, 0.29) is 10.6 Å². The molecule has 0 spiro atoms. The van der Waals surface area contributed by atoms with Crippen molar-refractivity contribution in [1.82, 2.24) is 4.98 Å². The third kappa shape index (κ3) is 3.03. The number of halogens is 1. The summed E-state index contributed by atoms with van der Waals surface area (Å²) in [6.07, 6.45) is 2.58. The summed E-state index contributed by atoms with van der Waals surface area (Å²) in [4.78, 5) is 16.9. The van der Waals surface area contributed by atoms with Crippen molar-refractivity contribution in [1.29, 1.82) is 0 Å². The molecule has 104 valence electrons. The second-order valence-corrected chi connectivity index (χ2v) is 5.88. The Morgan fingerprint density at radius 3 is 3.05 bits per heavy atom. The van der Waals surface area contributed by atoms with Gasteiger partial charge in [-0.2, -0.15) is 0 Å². The van der Waals surface area contributed by atoms with Gasteiger partial charge in [0.1, 0.15) is 0 Å². The van der Waals surface area contributed by atoms with Crippen molar-refractivity contribution in [2.45, 2.75) is 13.3 Å². The second kappa shape index (κ2) is 5.83. The number of piperidine rings is 1. The van der Waals surface area contributed by atoms with Crippen LogP contribution in [0.25, 0.3) is 0 Å². The first-order chi connectivity index (χ1) is 9.02. The zero-order chi connectivity index (χ0) is 14.0. The molecule has 1 aliphatic rings. The molecule has 1 aliphatic heterocycles. The summed E-state index contributed by atoms with van der Waals surface area (Å²) in [7, 11) is 0. The minimum Gasteiger partial charge on any atom is -0.351 e. The van der Waals surface area contributed by atoms with Gasteiger partial charge in [-0.1, -0.05) is 6.92 Å². The number of nitrogens with zero attached hydrogens (tertiary/aromatic N) is 3. The van der Waals surface area contributed by atoms with Crippen LogP contribution in [0.1, 0.15) is 13.3 Å². The largest absolute Gasteiger partial charge is 0.351 e. The zero-order valence-corrected chi connectivity index (χ0v) is 12.3. The van der Waals surface area contributed by atoms with Crippen LogP contribution in [0.4, 0.5) is 11.5 Å². The molecule has 2 rings (SSSR count). The monoisotopic (exact) mass is 328 g/mol. The lowest BCUT2D eigenvalue weighted by molar-refractivity contribution is -0.384. The lowest BCUT2D eigenvalue weighted by Gasteiger charge is -2.36. The first-order valence-electron chi connectivity index (χ1n) is 6.28. The second-order valence-electron chi connectivity index (χ2n) is 4.96. The van der Waals surface area contributed by atoms with Crippen LogP contribution in [0.3, 0.4) is 0 Å². The van der Waals surface area contributed by atoms with Gasteiger partial charge in [0.25, 0.3) is 0 Å². The van der Waals surface area contributed by atoms with Crippen LogP contribution in [-0.2, 0) is 0 Å². The summed E-state index contributed by atoms with van der Waals surface area (Å²) in [6, 6.07) is 1.50.